The number of anilines is 1. The van der Waals surface area contributed by atoms with E-state index in [1.807, 2.05) is 0 Å². The second-order valence-corrected chi connectivity index (χ2v) is 7.15. The van der Waals surface area contributed by atoms with Crippen LogP contribution in [0.3, 0.4) is 0 Å². The van der Waals surface area contributed by atoms with Crippen LogP contribution < -0.4 is 11.1 Å². The Balaban J connectivity index is 1.81. The molecule has 4 N–H and O–H groups in total. The predicted octanol–water partition coefficient (Wildman–Crippen LogP) is 2.97. The molecule has 1 atom stereocenters. The number of rotatable bonds is 2. The molecule has 3 heterocycles. The fourth-order valence-electron chi connectivity index (χ4n) is 3.28. The van der Waals surface area contributed by atoms with E-state index >= 15 is 0 Å². The van der Waals surface area contributed by atoms with Gasteiger partial charge in [0, 0.05) is 11.3 Å². The lowest BCUT2D eigenvalue weighted by molar-refractivity contribution is 0.0922. The summed E-state index contributed by atoms with van der Waals surface area (Å²) in [6.07, 6.45) is 0.421. The Bertz CT molecular complexity index is 1030. The van der Waals surface area contributed by atoms with Gasteiger partial charge in [-0.05, 0) is 42.3 Å². The molecule has 1 aromatic carbocycles. The number of benzene rings is 1. The van der Waals surface area contributed by atoms with Crippen molar-refractivity contribution in [3.8, 4) is 15.5 Å². The first-order chi connectivity index (χ1) is 12.4. The van der Waals surface area contributed by atoms with Gasteiger partial charge in [-0.15, -0.1) is 0 Å². The van der Waals surface area contributed by atoms with Crippen LogP contribution in [0.25, 0.3) is 10.4 Å². The second-order valence-electron chi connectivity index (χ2n) is 6.09. The maximum atomic E-state index is 13.8. The van der Waals surface area contributed by atoms with Gasteiger partial charge in [-0.2, -0.15) is 0 Å². The van der Waals surface area contributed by atoms with Crippen molar-refractivity contribution in [1.82, 2.24) is 15.3 Å². The van der Waals surface area contributed by atoms with Gasteiger partial charge in [0.15, 0.2) is 5.06 Å². The molecule has 6 nitrogen and oxygen atoms in total. The largest absolute Gasteiger partial charge is 0.499 e. The average molecular weight is 370 g/mol. The van der Waals surface area contributed by atoms with E-state index in [2.05, 4.69) is 15.3 Å². The monoisotopic (exact) mass is 370 g/mol. The number of hydrogen-bond acceptors (Lipinski definition) is 6. The number of fused-ring (bicyclic) bond motifs is 1. The molecular weight excluding hydrogens is 355 g/mol. The third-order valence-corrected chi connectivity index (χ3v) is 5.28. The minimum Gasteiger partial charge on any atom is -0.499 e. The standard InChI is InChI=1S/C18H15FN4O2S/c1-8-16-13(23-18(20)21-8)7-12(22-17(16)25)10-3-2-9(19)6-11(10)14-4-5-15(24)26-14/h2-6,12,24H,7H2,1H3,(H,22,25)(H2,20,21,23)/t12-/m1/s1. The second kappa shape index (κ2) is 6.06. The SMILES string of the molecule is Cc1nc(N)nc2c1C(=O)N[C@@H](c1ccc(F)cc1-c1ccc(O)s1)C2. The van der Waals surface area contributed by atoms with Crippen LogP contribution in [-0.4, -0.2) is 21.0 Å². The quantitative estimate of drug-likeness (QED) is 0.644. The minimum absolute atomic E-state index is 0.122. The number of amides is 1. The van der Waals surface area contributed by atoms with Crippen molar-refractivity contribution in [3.63, 3.8) is 0 Å². The van der Waals surface area contributed by atoms with Gasteiger partial charge in [0.1, 0.15) is 5.82 Å². The van der Waals surface area contributed by atoms with Crippen molar-refractivity contribution in [2.75, 3.05) is 5.73 Å². The Morgan fingerprint density at radius 2 is 2.12 bits per heavy atom. The fourth-order valence-corrected chi connectivity index (χ4v) is 4.06. The zero-order valence-corrected chi connectivity index (χ0v) is 14.6. The summed E-state index contributed by atoms with van der Waals surface area (Å²) in [7, 11) is 0. The first kappa shape index (κ1) is 16.5. The smallest absolute Gasteiger partial charge is 0.255 e. The number of halogens is 1. The number of carbonyl (C=O) groups is 1. The summed E-state index contributed by atoms with van der Waals surface area (Å²) in [6, 6.07) is 7.30. The van der Waals surface area contributed by atoms with Gasteiger partial charge in [0.05, 0.1) is 23.0 Å². The summed E-state index contributed by atoms with van der Waals surface area (Å²) in [5, 5.41) is 12.7. The highest BCUT2D eigenvalue weighted by atomic mass is 32.1. The molecule has 8 heteroatoms. The number of carbonyl (C=O) groups excluding carboxylic acids is 1. The number of hydrogen-bond donors (Lipinski definition) is 3. The first-order valence-corrected chi connectivity index (χ1v) is 8.76. The molecule has 1 amide bonds. The lowest BCUT2D eigenvalue weighted by Crippen LogP contribution is -2.37. The molecule has 26 heavy (non-hydrogen) atoms. The van der Waals surface area contributed by atoms with Crippen LogP contribution in [0, 0.1) is 12.7 Å². The molecular formula is C18H15FN4O2S. The third kappa shape index (κ3) is 2.78. The van der Waals surface area contributed by atoms with Crippen LogP contribution in [0.4, 0.5) is 10.3 Å². The fraction of sp³-hybridized carbons (Fsp3) is 0.167. The first-order valence-electron chi connectivity index (χ1n) is 7.95. The Kier molecular flexibility index (Phi) is 3.84. The number of aryl methyl sites for hydroxylation is 1. The molecule has 132 valence electrons. The van der Waals surface area contributed by atoms with Crippen LogP contribution in [-0.2, 0) is 6.42 Å². The summed E-state index contributed by atoms with van der Waals surface area (Å²) >= 11 is 1.15. The summed E-state index contributed by atoms with van der Waals surface area (Å²) in [6.45, 7) is 1.72. The van der Waals surface area contributed by atoms with Gasteiger partial charge in [-0.1, -0.05) is 17.4 Å². The Hall–Kier alpha value is -3.00. The highest BCUT2D eigenvalue weighted by Crippen LogP contribution is 2.38. The Labute approximate surface area is 152 Å². The van der Waals surface area contributed by atoms with Gasteiger partial charge in [0.25, 0.3) is 5.91 Å². The van der Waals surface area contributed by atoms with E-state index in [0.29, 0.717) is 28.9 Å². The van der Waals surface area contributed by atoms with Gasteiger partial charge in [0.2, 0.25) is 5.95 Å². The normalized spacial score (nSPS) is 16.2. The maximum Gasteiger partial charge on any atom is 0.255 e. The molecule has 0 aliphatic carbocycles. The summed E-state index contributed by atoms with van der Waals surface area (Å²) in [5.74, 6) is -0.545. The molecule has 0 fully saturated rings. The number of aromatic nitrogens is 2. The molecule has 1 aliphatic heterocycles. The third-order valence-electron chi connectivity index (χ3n) is 4.36. The number of thiophene rings is 1. The Morgan fingerprint density at radius 1 is 1.31 bits per heavy atom. The molecule has 2 aromatic heterocycles. The van der Waals surface area contributed by atoms with Crippen LogP contribution in [0.1, 0.15) is 33.4 Å². The van der Waals surface area contributed by atoms with Crippen LogP contribution in [0.2, 0.25) is 0 Å². The highest BCUT2D eigenvalue weighted by molar-refractivity contribution is 7.17. The molecule has 4 rings (SSSR count). The van der Waals surface area contributed by atoms with Crippen molar-refractivity contribution in [2.45, 2.75) is 19.4 Å². The van der Waals surface area contributed by atoms with Crippen molar-refractivity contribution in [2.24, 2.45) is 0 Å². The van der Waals surface area contributed by atoms with Crippen molar-refractivity contribution in [3.05, 3.63) is 58.7 Å². The molecule has 0 saturated carbocycles. The maximum absolute atomic E-state index is 13.8. The summed E-state index contributed by atoms with van der Waals surface area (Å²) < 4.78 is 13.8. The van der Waals surface area contributed by atoms with Crippen LogP contribution in [0.15, 0.2) is 30.3 Å². The molecule has 1 aliphatic rings. The minimum atomic E-state index is -0.387. The van der Waals surface area contributed by atoms with E-state index < -0.39 is 0 Å². The molecule has 3 aromatic rings. The predicted molar refractivity (Wildman–Crippen MR) is 96.5 cm³/mol. The molecule has 0 radical (unpaired) electrons. The highest BCUT2D eigenvalue weighted by Gasteiger charge is 2.30. The van der Waals surface area contributed by atoms with Gasteiger partial charge < -0.3 is 16.2 Å². The number of nitrogen functional groups attached to an aromatic ring is 1. The van der Waals surface area contributed by atoms with Crippen molar-refractivity contribution >= 4 is 23.2 Å². The van der Waals surface area contributed by atoms with E-state index in [1.165, 1.54) is 12.1 Å². The van der Waals surface area contributed by atoms with Gasteiger partial charge in [-0.3, -0.25) is 4.79 Å². The lowest BCUT2D eigenvalue weighted by Gasteiger charge is -2.27. The summed E-state index contributed by atoms with van der Waals surface area (Å²) in [4.78, 5) is 21.6. The van der Waals surface area contributed by atoms with E-state index in [9.17, 15) is 14.3 Å². The Morgan fingerprint density at radius 3 is 2.85 bits per heavy atom. The number of nitrogens with two attached hydrogens (primary N) is 1. The topological polar surface area (TPSA) is 101 Å². The zero-order valence-electron chi connectivity index (χ0n) is 13.8. The molecule has 0 unspecified atom stereocenters. The van der Waals surface area contributed by atoms with Gasteiger partial charge >= 0.3 is 0 Å². The number of nitrogens with one attached hydrogen (secondary N) is 1. The van der Waals surface area contributed by atoms with E-state index in [-0.39, 0.29) is 28.8 Å². The van der Waals surface area contributed by atoms with Gasteiger partial charge in [-0.25, -0.2) is 14.4 Å². The van der Waals surface area contributed by atoms with E-state index in [0.717, 1.165) is 21.8 Å². The zero-order chi connectivity index (χ0) is 18.4. The van der Waals surface area contributed by atoms with E-state index in [4.69, 9.17) is 5.73 Å². The lowest BCUT2D eigenvalue weighted by atomic mass is 9.91. The summed E-state index contributed by atoms with van der Waals surface area (Å²) in [5.41, 5.74) is 8.65. The molecule has 0 spiro atoms. The molecule has 0 saturated heterocycles. The number of aromatic hydroxyl groups is 1. The van der Waals surface area contributed by atoms with Crippen molar-refractivity contribution in [1.29, 1.82) is 0 Å². The van der Waals surface area contributed by atoms with Crippen LogP contribution >= 0.6 is 11.3 Å². The van der Waals surface area contributed by atoms with E-state index in [1.54, 1.807) is 25.1 Å². The number of nitrogens with zero attached hydrogens (tertiary/aromatic N) is 2. The average Bonchev–Trinajstić information content (AvgIpc) is 3.00. The molecule has 0 bridgehead atoms. The van der Waals surface area contributed by atoms with Crippen molar-refractivity contribution < 1.29 is 14.3 Å². The van der Waals surface area contributed by atoms with Crippen LogP contribution in [0.5, 0.6) is 5.06 Å².